The van der Waals surface area contributed by atoms with Gasteiger partial charge >= 0.3 is 0 Å². The molecule has 2 amide bonds. The highest BCUT2D eigenvalue weighted by atomic mass is 16.2. The Kier molecular flexibility index (Phi) is 7.04. The van der Waals surface area contributed by atoms with Gasteiger partial charge in [-0.25, -0.2) is 0 Å². The molecule has 7 nitrogen and oxygen atoms in total. The van der Waals surface area contributed by atoms with Crippen molar-refractivity contribution in [1.82, 2.24) is 15.5 Å². The fourth-order valence-electron chi connectivity index (χ4n) is 4.28. The number of unbranched alkanes of at least 4 members (excludes halogenated alkanes) is 1. The quantitative estimate of drug-likeness (QED) is 0.290. The summed E-state index contributed by atoms with van der Waals surface area (Å²) in [6.45, 7) is 5.92. The number of benzene rings is 2. The van der Waals surface area contributed by atoms with E-state index in [9.17, 15) is 9.59 Å². The number of fused-ring (bicyclic) bond motifs is 1. The molecule has 0 radical (unpaired) electrons. The zero-order valence-electron chi connectivity index (χ0n) is 18.6. The summed E-state index contributed by atoms with van der Waals surface area (Å²) in [6.07, 6.45) is 2.61. The molecule has 0 aliphatic carbocycles. The third kappa shape index (κ3) is 4.93. The maximum Gasteiger partial charge on any atom is 0.261 e. The Hall–Kier alpha value is -3.35. The molecule has 1 atom stereocenters. The van der Waals surface area contributed by atoms with E-state index in [1.165, 1.54) is 10.6 Å². The SMILES string of the molecule is CCNC(=NCCCCN1C(=O)c2ccccc2C1=O)NC1CCN(c2ccccc2)C1. The van der Waals surface area contributed by atoms with Gasteiger partial charge in [-0.15, -0.1) is 0 Å². The number of nitrogens with one attached hydrogen (secondary N) is 2. The van der Waals surface area contributed by atoms with Crippen molar-refractivity contribution in [3.8, 4) is 0 Å². The molecule has 1 saturated heterocycles. The van der Waals surface area contributed by atoms with Crippen molar-refractivity contribution in [2.24, 2.45) is 4.99 Å². The minimum atomic E-state index is -0.187. The molecule has 2 aromatic rings. The molecule has 0 saturated carbocycles. The number of hydrogen-bond donors (Lipinski definition) is 2. The van der Waals surface area contributed by atoms with Crippen molar-refractivity contribution >= 4 is 23.5 Å². The number of carbonyl (C=O) groups is 2. The summed E-state index contributed by atoms with van der Waals surface area (Å²) in [6, 6.07) is 17.9. The average molecular weight is 434 g/mol. The number of carbonyl (C=O) groups excluding carboxylic acids is 2. The van der Waals surface area contributed by atoms with Crippen molar-refractivity contribution in [2.75, 3.05) is 37.6 Å². The van der Waals surface area contributed by atoms with Crippen LogP contribution in [-0.4, -0.2) is 61.4 Å². The third-order valence-electron chi connectivity index (χ3n) is 5.93. The number of anilines is 1. The first kappa shape index (κ1) is 21.9. The van der Waals surface area contributed by atoms with Crippen LogP contribution in [0.25, 0.3) is 0 Å². The number of para-hydroxylation sites is 1. The minimum absolute atomic E-state index is 0.187. The molecule has 4 rings (SSSR count). The van der Waals surface area contributed by atoms with Crippen LogP contribution in [0.3, 0.4) is 0 Å². The summed E-state index contributed by atoms with van der Waals surface area (Å²) < 4.78 is 0. The first-order valence-electron chi connectivity index (χ1n) is 11.5. The van der Waals surface area contributed by atoms with Crippen molar-refractivity contribution in [2.45, 2.75) is 32.2 Å². The number of guanidine groups is 1. The van der Waals surface area contributed by atoms with Gasteiger partial charge < -0.3 is 15.5 Å². The van der Waals surface area contributed by atoms with Crippen LogP contribution in [0, 0.1) is 0 Å². The Labute approximate surface area is 189 Å². The molecule has 2 aliphatic heterocycles. The van der Waals surface area contributed by atoms with E-state index in [0.29, 0.717) is 30.3 Å². The van der Waals surface area contributed by atoms with Crippen molar-refractivity contribution < 1.29 is 9.59 Å². The van der Waals surface area contributed by atoms with Gasteiger partial charge in [0, 0.05) is 44.5 Å². The van der Waals surface area contributed by atoms with Gasteiger partial charge in [0.1, 0.15) is 0 Å². The molecule has 2 aromatic carbocycles. The average Bonchev–Trinajstić information content (AvgIpc) is 3.38. The van der Waals surface area contributed by atoms with Crippen molar-refractivity contribution in [3.63, 3.8) is 0 Å². The van der Waals surface area contributed by atoms with Crippen LogP contribution in [-0.2, 0) is 0 Å². The number of aliphatic imine (C=N–C) groups is 1. The summed E-state index contributed by atoms with van der Waals surface area (Å²) in [7, 11) is 0. The van der Waals surface area contributed by atoms with Crippen molar-refractivity contribution in [1.29, 1.82) is 0 Å². The molecule has 2 heterocycles. The molecule has 0 bridgehead atoms. The van der Waals surface area contributed by atoms with Crippen molar-refractivity contribution in [3.05, 3.63) is 65.7 Å². The number of amides is 2. The van der Waals surface area contributed by atoms with Gasteiger partial charge in [0.15, 0.2) is 5.96 Å². The number of rotatable bonds is 8. The van der Waals surface area contributed by atoms with Gasteiger partial charge in [0.25, 0.3) is 11.8 Å². The van der Waals surface area contributed by atoms with E-state index in [1.807, 2.05) is 6.07 Å². The van der Waals surface area contributed by atoms with Gasteiger partial charge in [-0.05, 0) is 50.5 Å². The van der Waals surface area contributed by atoms with Gasteiger partial charge in [0.2, 0.25) is 0 Å². The molecule has 1 fully saturated rings. The predicted molar refractivity (Wildman–Crippen MR) is 127 cm³/mol. The van der Waals surface area contributed by atoms with E-state index in [2.05, 4.69) is 46.7 Å². The molecule has 32 heavy (non-hydrogen) atoms. The summed E-state index contributed by atoms with van der Waals surface area (Å²) in [5.74, 6) is 0.453. The largest absolute Gasteiger partial charge is 0.369 e. The van der Waals surface area contributed by atoms with Gasteiger partial charge in [-0.1, -0.05) is 30.3 Å². The van der Waals surface area contributed by atoms with Crippen LogP contribution >= 0.6 is 0 Å². The number of nitrogens with zero attached hydrogens (tertiary/aromatic N) is 3. The van der Waals surface area contributed by atoms with Crippen LogP contribution in [0.2, 0.25) is 0 Å². The Morgan fingerprint density at radius 1 is 1.00 bits per heavy atom. The standard InChI is InChI=1S/C25H31N5O2/c1-2-26-25(28-19-14-17-29(18-19)20-10-4-3-5-11-20)27-15-8-9-16-30-23(31)21-12-6-7-13-22(21)24(30)32/h3-7,10-13,19H,2,8-9,14-18H2,1H3,(H2,26,27,28). The Morgan fingerprint density at radius 3 is 2.38 bits per heavy atom. The molecule has 0 aromatic heterocycles. The van der Waals surface area contributed by atoms with Crippen LogP contribution in [0.5, 0.6) is 0 Å². The van der Waals surface area contributed by atoms with Gasteiger partial charge in [-0.2, -0.15) is 0 Å². The third-order valence-corrected chi connectivity index (χ3v) is 5.93. The molecule has 168 valence electrons. The lowest BCUT2D eigenvalue weighted by molar-refractivity contribution is 0.0652. The maximum absolute atomic E-state index is 12.4. The van der Waals surface area contributed by atoms with E-state index in [1.54, 1.807) is 24.3 Å². The maximum atomic E-state index is 12.4. The minimum Gasteiger partial charge on any atom is -0.369 e. The second-order valence-corrected chi connectivity index (χ2v) is 8.19. The second-order valence-electron chi connectivity index (χ2n) is 8.19. The summed E-state index contributed by atoms with van der Waals surface area (Å²) in [4.78, 5) is 33.3. The summed E-state index contributed by atoms with van der Waals surface area (Å²) in [5, 5.41) is 6.88. The topological polar surface area (TPSA) is 77.0 Å². The Morgan fingerprint density at radius 2 is 1.69 bits per heavy atom. The zero-order valence-corrected chi connectivity index (χ0v) is 18.6. The van der Waals surface area contributed by atoms with Crippen LogP contribution < -0.4 is 15.5 Å². The van der Waals surface area contributed by atoms with Gasteiger partial charge in [0.05, 0.1) is 11.1 Å². The fourth-order valence-corrected chi connectivity index (χ4v) is 4.28. The fraction of sp³-hybridized carbons (Fsp3) is 0.400. The van der Waals surface area contributed by atoms with Crippen LogP contribution in [0.1, 0.15) is 46.9 Å². The number of hydrogen-bond acceptors (Lipinski definition) is 4. The first-order chi connectivity index (χ1) is 15.7. The van der Waals surface area contributed by atoms with E-state index in [-0.39, 0.29) is 11.8 Å². The highest BCUT2D eigenvalue weighted by molar-refractivity contribution is 6.21. The monoisotopic (exact) mass is 433 g/mol. The van der Waals surface area contributed by atoms with E-state index in [0.717, 1.165) is 44.9 Å². The number of imide groups is 1. The lowest BCUT2D eigenvalue weighted by Gasteiger charge is -2.20. The molecular weight excluding hydrogens is 402 g/mol. The lowest BCUT2D eigenvalue weighted by atomic mass is 10.1. The smallest absolute Gasteiger partial charge is 0.261 e. The normalized spacial score (nSPS) is 18.3. The van der Waals surface area contributed by atoms with Crippen LogP contribution in [0.15, 0.2) is 59.6 Å². The first-order valence-corrected chi connectivity index (χ1v) is 11.5. The Balaban J connectivity index is 1.23. The molecule has 1 unspecified atom stereocenters. The molecule has 7 heteroatoms. The molecule has 2 N–H and O–H groups in total. The second kappa shape index (κ2) is 10.3. The molecule has 0 spiro atoms. The van der Waals surface area contributed by atoms with Gasteiger partial charge in [-0.3, -0.25) is 19.5 Å². The lowest BCUT2D eigenvalue weighted by Crippen LogP contribution is -2.44. The summed E-state index contributed by atoms with van der Waals surface area (Å²) in [5.41, 5.74) is 2.28. The summed E-state index contributed by atoms with van der Waals surface area (Å²) >= 11 is 0. The Bertz CT molecular complexity index is 940. The molecule has 2 aliphatic rings. The van der Waals surface area contributed by atoms with Crippen LogP contribution in [0.4, 0.5) is 5.69 Å². The highest BCUT2D eigenvalue weighted by Gasteiger charge is 2.34. The van der Waals surface area contributed by atoms with E-state index in [4.69, 9.17) is 4.99 Å². The van der Waals surface area contributed by atoms with E-state index < -0.39 is 0 Å². The van der Waals surface area contributed by atoms with E-state index >= 15 is 0 Å². The molecular formula is C25H31N5O2. The predicted octanol–water partition coefficient (Wildman–Crippen LogP) is 2.90. The zero-order chi connectivity index (χ0) is 22.3. The highest BCUT2D eigenvalue weighted by Crippen LogP contribution is 2.23.